The van der Waals surface area contributed by atoms with Crippen LogP contribution in [0.5, 0.6) is 0 Å². The average molecular weight is 464 g/mol. The predicted octanol–water partition coefficient (Wildman–Crippen LogP) is 4.48. The second-order valence-electron chi connectivity index (χ2n) is 7.34. The van der Waals surface area contributed by atoms with E-state index in [-0.39, 0.29) is 39.5 Å². The Balaban J connectivity index is 1.79. The fourth-order valence-electron chi connectivity index (χ4n) is 3.62. The summed E-state index contributed by atoms with van der Waals surface area (Å²) in [6, 6.07) is 11.8. The molecule has 0 atom stereocenters. The maximum Gasteiger partial charge on any atom is 0.288 e. The number of hydrogen-bond donors (Lipinski definition) is 1. The van der Waals surface area contributed by atoms with Crippen LogP contribution in [0.25, 0.3) is 5.69 Å². The molecule has 1 aromatic heterocycles. The molecule has 0 radical (unpaired) electrons. The Labute approximate surface area is 182 Å². The van der Waals surface area contributed by atoms with Crippen molar-refractivity contribution in [2.75, 3.05) is 5.32 Å². The molecule has 4 rings (SSSR count). The number of aromatic nitrogens is 2. The summed E-state index contributed by atoms with van der Waals surface area (Å²) in [7, 11) is -3.36. The number of thioether (sulfide) groups is 1. The van der Waals surface area contributed by atoms with Gasteiger partial charge in [0.25, 0.3) is 11.7 Å². The molecule has 0 bridgehead atoms. The summed E-state index contributed by atoms with van der Waals surface area (Å²) in [5, 5.41) is 7.20. The van der Waals surface area contributed by atoms with E-state index in [1.807, 2.05) is 32.0 Å². The van der Waals surface area contributed by atoms with Gasteiger partial charge >= 0.3 is 0 Å². The van der Waals surface area contributed by atoms with Crippen molar-refractivity contribution in [2.45, 2.75) is 36.0 Å². The third kappa shape index (κ3) is 4.35. The van der Waals surface area contributed by atoms with Gasteiger partial charge in [-0.1, -0.05) is 41.6 Å². The monoisotopic (exact) mass is 463 g/mol. The molecule has 0 saturated carbocycles. The number of alkyl halides is 2. The van der Waals surface area contributed by atoms with Gasteiger partial charge in [-0.3, -0.25) is 4.79 Å². The van der Waals surface area contributed by atoms with Crippen molar-refractivity contribution < 1.29 is 22.0 Å². The van der Waals surface area contributed by atoms with E-state index in [1.54, 1.807) is 12.1 Å². The van der Waals surface area contributed by atoms with Gasteiger partial charge in [0, 0.05) is 10.5 Å². The predicted molar refractivity (Wildman–Crippen MR) is 116 cm³/mol. The normalized spacial score (nSPS) is 14.6. The van der Waals surface area contributed by atoms with Crippen LogP contribution in [0, 0.1) is 13.8 Å². The number of carbonyl (C=O) groups is 1. The topological polar surface area (TPSA) is 81.1 Å². The van der Waals surface area contributed by atoms with Crippen LogP contribution < -0.4 is 5.32 Å². The first-order valence-corrected chi connectivity index (χ1v) is 12.1. The Morgan fingerprint density at radius 3 is 2.61 bits per heavy atom. The number of halogens is 2. The molecule has 162 valence electrons. The molecule has 1 aliphatic rings. The van der Waals surface area contributed by atoms with Gasteiger partial charge in [0.2, 0.25) is 0 Å². The number of anilines is 1. The molecule has 0 unspecified atom stereocenters. The molecule has 0 spiro atoms. The standard InChI is InChI=1S/C21H19F2N3O3S2/c1-12-7-8-17(13(2)9-12)26-19(15-10-31(28,29)11-16(15)25-26)24-20(27)14-5-3-4-6-18(14)30-21(22)23/h3-9,21H,10-11H2,1-2H3,(H,24,27). The molecule has 1 aliphatic heterocycles. The van der Waals surface area contributed by atoms with E-state index in [1.165, 1.54) is 16.8 Å². The second-order valence-corrected chi connectivity index (χ2v) is 10.4. The van der Waals surface area contributed by atoms with Gasteiger partial charge in [-0.15, -0.1) is 0 Å². The first-order valence-electron chi connectivity index (χ1n) is 9.38. The Morgan fingerprint density at radius 2 is 1.90 bits per heavy atom. The molecule has 2 heterocycles. The number of benzene rings is 2. The Bertz CT molecular complexity index is 1290. The van der Waals surface area contributed by atoms with Gasteiger partial charge in [-0.2, -0.15) is 13.9 Å². The molecule has 10 heteroatoms. The van der Waals surface area contributed by atoms with E-state index >= 15 is 0 Å². The number of carbonyl (C=O) groups excluding carboxylic acids is 1. The zero-order valence-electron chi connectivity index (χ0n) is 16.7. The molecule has 0 saturated heterocycles. The van der Waals surface area contributed by atoms with Crippen molar-refractivity contribution in [1.29, 1.82) is 0 Å². The van der Waals surface area contributed by atoms with E-state index in [4.69, 9.17) is 0 Å². The van der Waals surface area contributed by atoms with Crippen LogP contribution in [0.15, 0.2) is 47.4 Å². The number of sulfone groups is 1. The largest absolute Gasteiger partial charge is 0.306 e. The summed E-state index contributed by atoms with van der Waals surface area (Å²) in [5.41, 5.74) is 3.52. The fourth-order valence-corrected chi connectivity index (χ4v) is 5.75. The number of nitrogens with one attached hydrogen (secondary N) is 1. The molecular formula is C21H19F2N3O3S2. The molecule has 1 amide bonds. The molecule has 2 aromatic carbocycles. The van der Waals surface area contributed by atoms with Gasteiger partial charge in [0.15, 0.2) is 9.84 Å². The number of amides is 1. The van der Waals surface area contributed by atoms with Gasteiger partial charge in [-0.05, 0) is 37.6 Å². The lowest BCUT2D eigenvalue weighted by atomic mass is 10.1. The van der Waals surface area contributed by atoms with Gasteiger partial charge in [-0.25, -0.2) is 13.1 Å². The second kappa shape index (κ2) is 8.08. The van der Waals surface area contributed by atoms with E-state index < -0.39 is 21.5 Å². The SMILES string of the molecule is Cc1ccc(-n2nc3c(c2NC(=O)c2ccccc2SC(F)F)CS(=O)(=O)C3)c(C)c1. The molecule has 0 fully saturated rings. The lowest BCUT2D eigenvalue weighted by Crippen LogP contribution is -2.18. The summed E-state index contributed by atoms with van der Waals surface area (Å²) >= 11 is 0.283. The van der Waals surface area contributed by atoms with Crippen molar-refractivity contribution in [1.82, 2.24) is 9.78 Å². The van der Waals surface area contributed by atoms with Gasteiger partial charge in [0.05, 0.1) is 28.5 Å². The van der Waals surface area contributed by atoms with Crippen LogP contribution in [-0.2, 0) is 21.3 Å². The average Bonchev–Trinajstić information content (AvgIpc) is 3.14. The summed E-state index contributed by atoms with van der Waals surface area (Å²) in [6.45, 7) is 3.85. The first-order chi connectivity index (χ1) is 14.6. The van der Waals surface area contributed by atoms with Crippen LogP contribution in [0.3, 0.4) is 0 Å². The molecular weight excluding hydrogens is 444 g/mol. The molecule has 31 heavy (non-hydrogen) atoms. The van der Waals surface area contributed by atoms with E-state index in [0.717, 1.165) is 11.1 Å². The van der Waals surface area contributed by atoms with Crippen molar-refractivity contribution in [3.63, 3.8) is 0 Å². The Hall–Kier alpha value is -2.72. The van der Waals surface area contributed by atoms with Crippen molar-refractivity contribution >= 4 is 33.3 Å². The summed E-state index contributed by atoms with van der Waals surface area (Å²) in [6.07, 6.45) is 0. The van der Waals surface area contributed by atoms with Crippen molar-refractivity contribution in [3.05, 3.63) is 70.4 Å². The zero-order chi connectivity index (χ0) is 22.3. The maximum absolute atomic E-state index is 13.0. The Morgan fingerprint density at radius 1 is 1.16 bits per heavy atom. The van der Waals surface area contributed by atoms with E-state index in [0.29, 0.717) is 16.9 Å². The highest BCUT2D eigenvalue weighted by atomic mass is 32.2. The summed E-state index contributed by atoms with van der Waals surface area (Å²) in [4.78, 5) is 13.2. The van der Waals surface area contributed by atoms with E-state index in [9.17, 15) is 22.0 Å². The highest BCUT2D eigenvalue weighted by Crippen LogP contribution is 2.35. The third-order valence-electron chi connectivity index (χ3n) is 4.95. The minimum absolute atomic E-state index is 0.0794. The van der Waals surface area contributed by atoms with Crippen LogP contribution in [0.1, 0.15) is 32.7 Å². The number of nitrogens with zero attached hydrogens (tertiary/aromatic N) is 2. The molecule has 6 nitrogen and oxygen atoms in total. The van der Waals surface area contributed by atoms with Crippen LogP contribution in [0.4, 0.5) is 14.6 Å². The zero-order valence-corrected chi connectivity index (χ0v) is 18.4. The third-order valence-corrected chi connectivity index (χ3v) is 7.18. The van der Waals surface area contributed by atoms with Gasteiger partial charge in [0.1, 0.15) is 5.82 Å². The highest BCUT2D eigenvalue weighted by Gasteiger charge is 2.33. The lowest BCUT2D eigenvalue weighted by molar-refractivity contribution is 0.102. The highest BCUT2D eigenvalue weighted by molar-refractivity contribution is 7.99. The maximum atomic E-state index is 13.0. The number of rotatable bonds is 5. The lowest BCUT2D eigenvalue weighted by Gasteiger charge is -2.14. The minimum atomic E-state index is -3.36. The number of fused-ring (bicyclic) bond motifs is 1. The fraction of sp³-hybridized carbons (Fsp3) is 0.238. The number of hydrogen-bond acceptors (Lipinski definition) is 5. The summed E-state index contributed by atoms with van der Waals surface area (Å²) in [5.74, 6) is -3.49. The summed E-state index contributed by atoms with van der Waals surface area (Å²) < 4.78 is 51.6. The smallest absolute Gasteiger partial charge is 0.288 e. The Kier molecular flexibility index (Phi) is 5.61. The van der Waals surface area contributed by atoms with Crippen LogP contribution in [0.2, 0.25) is 0 Å². The van der Waals surface area contributed by atoms with Crippen molar-refractivity contribution in [3.8, 4) is 5.69 Å². The van der Waals surface area contributed by atoms with E-state index in [2.05, 4.69) is 10.4 Å². The first kappa shape index (κ1) is 21.5. The van der Waals surface area contributed by atoms with Gasteiger partial charge < -0.3 is 5.32 Å². The van der Waals surface area contributed by atoms with Crippen molar-refractivity contribution in [2.24, 2.45) is 0 Å². The quantitative estimate of drug-likeness (QED) is 0.564. The minimum Gasteiger partial charge on any atom is -0.306 e. The molecule has 0 aliphatic carbocycles. The molecule has 1 N–H and O–H groups in total. The number of aryl methyl sites for hydroxylation is 2. The van der Waals surface area contributed by atoms with Crippen LogP contribution >= 0.6 is 11.8 Å². The molecule has 3 aromatic rings. The van der Waals surface area contributed by atoms with Crippen LogP contribution in [-0.4, -0.2) is 29.9 Å².